The Morgan fingerprint density at radius 2 is 1.94 bits per heavy atom. The van der Waals surface area contributed by atoms with Crippen LogP contribution in [0.1, 0.15) is 19.8 Å². The van der Waals surface area contributed by atoms with Gasteiger partial charge in [-0.3, -0.25) is 9.59 Å². The van der Waals surface area contributed by atoms with Crippen LogP contribution in [0.2, 0.25) is 0 Å². The molecule has 1 N–H and O–H groups in total. The molecule has 0 amide bonds. The van der Waals surface area contributed by atoms with Crippen molar-refractivity contribution in [3.8, 4) is 0 Å². The van der Waals surface area contributed by atoms with Gasteiger partial charge >= 0.3 is 11.9 Å². The Bertz CT molecular complexity index is 334. The molecular weight excluding hydrogens is 208 g/mol. The normalized spacial score (nSPS) is 35.3. The van der Waals surface area contributed by atoms with Gasteiger partial charge in [-0.2, -0.15) is 0 Å². The van der Waals surface area contributed by atoms with Crippen molar-refractivity contribution < 1.29 is 19.4 Å². The summed E-state index contributed by atoms with van der Waals surface area (Å²) in [6, 6.07) is 0. The minimum Gasteiger partial charge on any atom is -0.481 e. The average Bonchev–Trinajstić information content (AvgIpc) is 2.84. The Kier molecular flexibility index (Phi) is 2.99. The number of ether oxygens (including phenoxy) is 1. The van der Waals surface area contributed by atoms with Crippen molar-refractivity contribution in [2.45, 2.75) is 19.8 Å². The van der Waals surface area contributed by atoms with Crippen molar-refractivity contribution in [3.63, 3.8) is 0 Å². The van der Waals surface area contributed by atoms with Crippen molar-refractivity contribution >= 4 is 11.9 Å². The summed E-state index contributed by atoms with van der Waals surface area (Å²) in [5.74, 6) is -2.20. The summed E-state index contributed by atoms with van der Waals surface area (Å²) in [5.41, 5.74) is 0. The van der Waals surface area contributed by atoms with Crippen molar-refractivity contribution in [2.24, 2.45) is 23.7 Å². The number of hydrogen-bond acceptors (Lipinski definition) is 3. The summed E-state index contributed by atoms with van der Waals surface area (Å²) >= 11 is 0. The minimum atomic E-state index is -0.879. The Morgan fingerprint density at radius 1 is 1.31 bits per heavy atom. The molecule has 0 aromatic rings. The highest BCUT2D eigenvalue weighted by atomic mass is 16.5. The van der Waals surface area contributed by atoms with Gasteiger partial charge in [0.2, 0.25) is 0 Å². The van der Waals surface area contributed by atoms with Gasteiger partial charge in [-0.25, -0.2) is 0 Å². The minimum absolute atomic E-state index is 0.0154. The molecule has 0 spiro atoms. The first-order chi connectivity index (χ1) is 7.65. The maximum Gasteiger partial charge on any atom is 0.310 e. The predicted molar refractivity (Wildman–Crippen MR) is 56.6 cm³/mol. The van der Waals surface area contributed by atoms with Crippen LogP contribution in [0.25, 0.3) is 0 Å². The lowest BCUT2D eigenvalue weighted by molar-refractivity contribution is -0.158. The topological polar surface area (TPSA) is 63.6 Å². The third kappa shape index (κ3) is 1.72. The first-order valence-corrected chi connectivity index (χ1v) is 5.73. The zero-order valence-corrected chi connectivity index (χ0v) is 9.26. The first kappa shape index (κ1) is 11.2. The van der Waals surface area contributed by atoms with E-state index in [-0.39, 0.29) is 17.8 Å². The van der Waals surface area contributed by atoms with Crippen LogP contribution in [0.3, 0.4) is 0 Å². The second-order valence-electron chi connectivity index (χ2n) is 4.51. The van der Waals surface area contributed by atoms with Gasteiger partial charge in [-0.05, 0) is 24.7 Å². The zero-order valence-electron chi connectivity index (χ0n) is 9.26. The fourth-order valence-electron chi connectivity index (χ4n) is 2.78. The molecule has 0 radical (unpaired) electrons. The molecule has 2 bridgehead atoms. The molecule has 1 fully saturated rings. The van der Waals surface area contributed by atoms with E-state index in [2.05, 4.69) is 0 Å². The molecule has 0 aliphatic heterocycles. The number of carbonyl (C=O) groups is 2. The zero-order chi connectivity index (χ0) is 11.7. The number of fused-ring (bicyclic) bond motifs is 2. The lowest BCUT2D eigenvalue weighted by atomic mass is 9.83. The standard InChI is InChI=1S/C12H16O4/c1-2-5-16-12(15)10-8-4-3-7(6-8)9(10)11(13)14/h3-4,7-10H,2,5-6H2,1H3,(H,13,14). The van der Waals surface area contributed by atoms with E-state index >= 15 is 0 Å². The lowest BCUT2D eigenvalue weighted by Gasteiger charge is -2.22. The summed E-state index contributed by atoms with van der Waals surface area (Å²) in [4.78, 5) is 22.9. The van der Waals surface area contributed by atoms with E-state index < -0.39 is 17.8 Å². The average molecular weight is 224 g/mol. The van der Waals surface area contributed by atoms with Gasteiger partial charge in [-0.1, -0.05) is 19.1 Å². The lowest BCUT2D eigenvalue weighted by Crippen LogP contribution is -2.34. The largest absolute Gasteiger partial charge is 0.481 e. The van der Waals surface area contributed by atoms with Gasteiger partial charge < -0.3 is 9.84 Å². The van der Waals surface area contributed by atoms with Crippen LogP contribution in [-0.2, 0) is 14.3 Å². The summed E-state index contributed by atoms with van der Waals surface area (Å²) in [5, 5.41) is 9.14. The van der Waals surface area contributed by atoms with Crippen LogP contribution in [0.4, 0.5) is 0 Å². The Balaban J connectivity index is 2.10. The Hall–Kier alpha value is -1.32. The third-order valence-corrected chi connectivity index (χ3v) is 3.47. The highest BCUT2D eigenvalue weighted by Crippen LogP contribution is 2.48. The Labute approximate surface area is 94.3 Å². The van der Waals surface area contributed by atoms with Crippen LogP contribution >= 0.6 is 0 Å². The number of carboxylic acids is 1. The van der Waals surface area contributed by atoms with Gasteiger partial charge in [0.25, 0.3) is 0 Å². The van der Waals surface area contributed by atoms with Crippen molar-refractivity contribution in [3.05, 3.63) is 12.2 Å². The number of hydrogen-bond donors (Lipinski definition) is 1. The summed E-state index contributed by atoms with van der Waals surface area (Å²) in [7, 11) is 0. The molecule has 0 aromatic heterocycles. The molecule has 2 aliphatic carbocycles. The molecule has 2 rings (SSSR count). The van der Waals surface area contributed by atoms with E-state index in [9.17, 15) is 9.59 Å². The SMILES string of the molecule is CCCOC(=O)C1C2C=CC(C2)C1C(=O)O. The maximum atomic E-state index is 11.8. The summed E-state index contributed by atoms with van der Waals surface area (Å²) in [6.45, 7) is 2.30. The molecule has 0 heterocycles. The molecule has 88 valence electrons. The highest BCUT2D eigenvalue weighted by molar-refractivity contribution is 5.83. The van der Waals surface area contributed by atoms with Gasteiger partial charge in [0.05, 0.1) is 18.4 Å². The Morgan fingerprint density at radius 3 is 2.50 bits per heavy atom. The van der Waals surface area contributed by atoms with E-state index in [1.807, 2.05) is 19.1 Å². The molecule has 1 saturated carbocycles. The summed E-state index contributed by atoms with van der Waals surface area (Å²) in [6.07, 6.45) is 5.43. The van der Waals surface area contributed by atoms with E-state index in [1.165, 1.54) is 0 Å². The fraction of sp³-hybridized carbons (Fsp3) is 0.667. The fourth-order valence-corrected chi connectivity index (χ4v) is 2.78. The molecule has 16 heavy (non-hydrogen) atoms. The molecule has 0 saturated heterocycles. The number of aliphatic carboxylic acids is 1. The van der Waals surface area contributed by atoms with E-state index in [4.69, 9.17) is 9.84 Å². The van der Waals surface area contributed by atoms with Crippen LogP contribution in [-0.4, -0.2) is 23.7 Å². The molecular formula is C12H16O4. The number of esters is 1. The van der Waals surface area contributed by atoms with Crippen molar-refractivity contribution in [1.82, 2.24) is 0 Å². The molecule has 0 aromatic carbocycles. The van der Waals surface area contributed by atoms with Crippen molar-refractivity contribution in [1.29, 1.82) is 0 Å². The van der Waals surface area contributed by atoms with Crippen LogP contribution in [0.15, 0.2) is 12.2 Å². The first-order valence-electron chi connectivity index (χ1n) is 5.73. The van der Waals surface area contributed by atoms with E-state index in [0.29, 0.717) is 6.61 Å². The molecule has 4 atom stereocenters. The second kappa shape index (κ2) is 4.28. The van der Waals surface area contributed by atoms with Crippen LogP contribution in [0.5, 0.6) is 0 Å². The second-order valence-corrected chi connectivity index (χ2v) is 4.51. The van der Waals surface area contributed by atoms with Crippen LogP contribution in [0, 0.1) is 23.7 Å². The molecule has 2 aliphatic rings. The predicted octanol–water partition coefficient (Wildman–Crippen LogP) is 1.46. The van der Waals surface area contributed by atoms with Gasteiger partial charge in [0.15, 0.2) is 0 Å². The van der Waals surface area contributed by atoms with Gasteiger partial charge in [0, 0.05) is 0 Å². The highest BCUT2D eigenvalue weighted by Gasteiger charge is 2.52. The molecule has 4 nitrogen and oxygen atoms in total. The smallest absolute Gasteiger partial charge is 0.310 e. The number of rotatable bonds is 4. The monoisotopic (exact) mass is 224 g/mol. The maximum absolute atomic E-state index is 11.8. The van der Waals surface area contributed by atoms with Crippen molar-refractivity contribution in [2.75, 3.05) is 6.61 Å². The number of carboxylic acid groups (broad SMARTS) is 1. The molecule has 4 heteroatoms. The number of carbonyl (C=O) groups excluding carboxylic acids is 1. The van der Waals surface area contributed by atoms with Gasteiger partial charge in [0.1, 0.15) is 0 Å². The summed E-state index contributed by atoms with van der Waals surface area (Å²) < 4.78 is 5.07. The van der Waals surface area contributed by atoms with E-state index in [0.717, 1.165) is 12.8 Å². The number of allylic oxidation sites excluding steroid dienone is 2. The van der Waals surface area contributed by atoms with Crippen LogP contribution < -0.4 is 0 Å². The quantitative estimate of drug-likeness (QED) is 0.580. The van der Waals surface area contributed by atoms with Gasteiger partial charge in [-0.15, -0.1) is 0 Å². The third-order valence-electron chi connectivity index (χ3n) is 3.47. The molecule has 4 unspecified atom stereocenters. The van der Waals surface area contributed by atoms with E-state index in [1.54, 1.807) is 0 Å².